The van der Waals surface area contributed by atoms with E-state index in [0.717, 1.165) is 40.4 Å². The number of rotatable bonds is 4. The van der Waals surface area contributed by atoms with Gasteiger partial charge in [-0.05, 0) is 42.3 Å². The van der Waals surface area contributed by atoms with Crippen molar-refractivity contribution in [1.29, 1.82) is 0 Å². The summed E-state index contributed by atoms with van der Waals surface area (Å²) in [6.45, 7) is 2.89. The van der Waals surface area contributed by atoms with E-state index in [1.165, 1.54) is 11.8 Å². The Balaban J connectivity index is 1.96. The summed E-state index contributed by atoms with van der Waals surface area (Å²) < 4.78 is 0. The predicted molar refractivity (Wildman–Crippen MR) is 99.0 cm³/mol. The summed E-state index contributed by atoms with van der Waals surface area (Å²) >= 11 is 7.47. The molecular weight excluding hydrogens is 326 g/mol. The largest absolute Gasteiger partial charge is 0.307 e. The number of hydrogen-bond acceptors (Lipinski definition) is 2. The van der Waals surface area contributed by atoms with Crippen LogP contribution in [0.1, 0.15) is 25.3 Å². The molecule has 1 aliphatic rings. The van der Waals surface area contributed by atoms with Crippen molar-refractivity contribution in [1.82, 2.24) is 0 Å². The molecule has 1 heterocycles. The average Bonchev–Trinajstić information content (AvgIpc) is 2.57. The molecule has 2 aromatic carbocycles. The number of carbonyl (C=O) groups is 1. The maximum absolute atomic E-state index is 12.9. The molecule has 0 N–H and O–H groups in total. The van der Waals surface area contributed by atoms with Crippen LogP contribution < -0.4 is 4.90 Å². The summed E-state index contributed by atoms with van der Waals surface area (Å²) in [4.78, 5) is 16.7. The lowest BCUT2D eigenvalue weighted by Crippen LogP contribution is -2.35. The summed E-state index contributed by atoms with van der Waals surface area (Å²) in [5, 5.41) is 0.699. The van der Waals surface area contributed by atoms with Gasteiger partial charge in [0.2, 0.25) is 0 Å². The van der Waals surface area contributed by atoms with E-state index >= 15 is 0 Å². The van der Waals surface area contributed by atoms with Crippen LogP contribution in [-0.4, -0.2) is 12.5 Å². The lowest BCUT2D eigenvalue weighted by Gasteiger charge is -2.30. The number of hydrogen-bond donors (Lipinski definition) is 0. The van der Waals surface area contributed by atoms with E-state index in [0.29, 0.717) is 5.02 Å². The minimum absolute atomic E-state index is 0.0806. The maximum atomic E-state index is 12.9. The third-order valence-electron chi connectivity index (χ3n) is 3.73. The van der Waals surface area contributed by atoms with Gasteiger partial charge in [-0.15, -0.1) is 0 Å². The zero-order valence-electron chi connectivity index (χ0n) is 13.0. The Morgan fingerprint density at radius 3 is 2.61 bits per heavy atom. The van der Waals surface area contributed by atoms with Gasteiger partial charge in [-0.25, -0.2) is 0 Å². The fourth-order valence-electron chi connectivity index (χ4n) is 2.51. The number of thioether (sulfide) groups is 1. The van der Waals surface area contributed by atoms with Crippen molar-refractivity contribution in [2.45, 2.75) is 24.7 Å². The van der Waals surface area contributed by atoms with Crippen molar-refractivity contribution in [2.75, 3.05) is 11.4 Å². The number of fused-ring (bicyclic) bond motifs is 1. The molecule has 0 radical (unpaired) electrons. The van der Waals surface area contributed by atoms with Gasteiger partial charge in [0, 0.05) is 16.5 Å². The van der Waals surface area contributed by atoms with Crippen LogP contribution in [0.2, 0.25) is 5.02 Å². The highest BCUT2D eigenvalue weighted by Gasteiger charge is 2.28. The van der Waals surface area contributed by atoms with Crippen LogP contribution in [0.5, 0.6) is 0 Å². The van der Waals surface area contributed by atoms with Crippen LogP contribution in [-0.2, 0) is 4.79 Å². The number of anilines is 1. The number of carbonyl (C=O) groups excluding carboxylic acids is 1. The fraction of sp³-hybridized carbons (Fsp3) is 0.211. The summed E-state index contributed by atoms with van der Waals surface area (Å²) in [5.74, 6) is 0.0806. The Bertz CT molecular complexity index is 739. The quantitative estimate of drug-likeness (QED) is 0.671. The summed E-state index contributed by atoms with van der Waals surface area (Å²) in [6.07, 6.45) is 4.01. The highest BCUT2D eigenvalue weighted by Crippen LogP contribution is 2.42. The van der Waals surface area contributed by atoms with Crippen LogP contribution in [0, 0.1) is 0 Å². The molecule has 2 nitrogen and oxygen atoms in total. The molecule has 0 saturated carbocycles. The van der Waals surface area contributed by atoms with Gasteiger partial charge in [-0.1, -0.05) is 61.0 Å². The molecule has 0 saturated heterocycles. The predicted octanol–water partition coefficient (Wildman–Crippen LogP) is 5.62. The number of benzene rings is 2. The second-order valence-corrected chi connectivity index (χ2v) is 6.96. The number of unbranched alkanes of at least 4 members (excludes halogenated alkanes) is 1. The molecule has 1 aliphatic heterocycles. The monoisotopic (exact) mass is 343 g/mol. The van der Waals surface area contributed by atoms with Crippen molar-refractivity contribution in [3.05, 3.63) is 64.0 Å². The number of nitrogens with zero attached hydrogens (tertiary/aromatic N) is 1. The van der Waals surface area contributed by atoms with Crippen LogP contribution in [0.4, 0.5) is 5.69 Å². The van der Waals surface area contributed by atoms with Crippen molar-refractivity contribution in [2.24, 2.45) is 0 Å². The Kier molecular flexibility index (Phi) is 5.09. The molecule has 0 aliphatic carbocycles. The van der Waals surface area contributed by atoms with Gasteiger partial charge in [0.1, 0.15) is 0 Å². The SMILES string of the molecule is CCCCN1C(=O)/C(=C/c2ccc(Cl)cc2)Sc2ccccc21. The van der Waals surface area contributed by atoms with Gasteiger partial charge < -0.3 is 4.90 Å². The second-order valence-electron chi connectivity index (χ2n) is 5.44. The molecule has 0 fully saturated rings. The molecule has 3 rings (SSSR count). The molecule has 0 unspecified atom stereocenters. The van der Waals surface area contributed by atoms with Gasteiger partial charge in [0.25, 0.3) is 5.91 Å². The molecule has 0 aromatic heterocycles. The van der Waals surface area contributed by atoms with Crippen molar-refractivity contribution >= 4 is 41.0 Å². The van der Waals surface area contributed by atoms with Crippen molar-refractivity contribution in [3.8, 4) is 0 Å². The van der Waals surface area contributed by atoms with Crippen molar-refractivity contribution < 1.29 is 4.79 Å². The first-order chi connectivity index (χ1) is 11.2. The number of halogens is 1. The molecule has 1 amide bonds. The average molecular weight is 344 g/mol. The van der Waals surface area contributed by atoms with Gasteiger partial charge in [0.05, 0.1) is 10.6 Å². The molecule has 23 heavy (non-hydrogen) atoms. The zero-order valence-corrected chi connectivity index (χ0v) is 14.5. The van der Waals surface area contributed by atoms with E-state index < -0.39 is 0 Å². The van der Waals surface area contributed by atoms with Crippen molar-refractivity contribution in [3.63, 3.8) is 0 Å². The molecule has 0 atom stereocenters. The van der Waals surface area contributed by atoms with E-state index in [2.05, 4.69) is 13.0 Å². The van der Waals surface area contributed by atoms with E-state index in [-0.39, 0.29) is 5.91 Å². The minimum Gasteiger partial charge on any atom is -0.307 e. The van der Waals surface area contributed by atoms with E-state index in [1.807, 2.05) is 53.4 Å². The highest BCUT2D eigenvalue weighted by atomic mass is 35.5. The van der Waals surface area contributed by atoms with Gasteiger partial charge in [0.15, 0.2) is 0 Å². The minimum atomic E-state index is 0.0806. The molecule has 0 bridgehead atoms. The summed E-state index contributed by atoms with van der Waals surface area (Å²) in [5.41, 5.74) is 2.00. The number of amides is 1. The topological polar surface area (TPSA) is 20.3 Å². The van der Waals surface area contributed by atoms with Gasteiger partial charge >= 0.3 is 0 Å². The van der Waals surface area contributed by atoms with E-state index in [9.17, 15) is 4.79 Å². The summed E-state index contributed by atoms with van der Waals surface area (Å²) in [7, 11) is 0. The Labute approximate surface area is 146 Å². The standard InChI is InChI=1S/C19H18ClNOS/c1-2-3-12-21-16-6-4-5-7-17(16)23-18(19(21)22)13-14-8-10-15(20)11-9-14/h4-11,13H,2-3,12H2,1H3/b18-13-. The van der Waals surface area contributed by atoms with Crippen LogP contribution >= 0.6 is 23.4 Å². The highest BCUT2D eigenvalue weighted by molar-refractivity contribution is 8.04. The third-order valence-corrected chi connectivity index (χ3v) is 5.06. The van der Waals surface area contributed by atoms with Crippen LogP contribution in [0.15, 0.2) is 58.3 Å². The lowest BCUT2D eigenvalue weighted by molar-refractivity contribution is -0.114. The molecule has 0 spiro atoms. The Morgan fingerprint density at radius 2 is 1.87 bits per heavy atom. The van der Waals surface area contributed by atoms with E-state index in [4.69, 9.17) is 11.6 Å². The first-order valence-electron chi connectivity index (χ1n) is 7.75. The smallest absolute Gasteiger partial charge is 0.265 e. The maximum Gasteiger partial charge on any atom is 0.265 e. The molecular formula is C19H18ClNOS. The first-order valence-corrected chi connectivity index (χ1v) is 8.94. The summed E-state index contributed by atoms with van der Waals surface area (Å²) in [6, 6.07) is 15.6. The molecule has 118 valence electrons. The molecule has 2 aromatic rings. The fourth-order valence-corrected chi connectivity index (χ4v) is 3.70. The van der Waals surface area contributed by atoms with Gasteiger partial charge in [-0.3, -0.25) is 4.79 Å². The van der Waals surface area contributed by atoms with Gasteiger partial charge in [-0.2, -0.15) is 0 Å². The zero-order chi connectivity index (χ0) is 16.2. The third kappa shape index (κ3) is 3.62. The Hall–Kier alpha value is -1.71. The van der Waals surface area contributed by atoms with Crippen LogP contribution in [0.25, 0.3) is 6.08 Å². The lowest BCUT2D eigenvalue weighted by atomic mass is 10.2. The number of para-hydroxylation sites is 1. The molecule has 4 heteroatoms. The van der Waals surface area contributed by atoms with E-state index in [1.54, 1.807) is 0 Å². The van der Waals surface area contributed by atoms with Crippen LogP contribution in [0.3, 0.4) is 0 Å². The Morgan fingerprint density at radius 1 is 1.13 bits per heavy atom. The first kappa shape index (κ1) is 16.2. The normalized spacial score (nSPS) is 15.8. The second kappa shape index (κ2) is 7.24.